The number of hydrogen-bond acceptors (Lipinski definition) is 6. The van der Waals surface area contributed by atoms with Crippen molar-refractivity contribution in [1.29, 1.82) is 0 Å². The van der Waals surface area contributed by atoms with Crippen LogP contribution in [-0.2, 0) is 11.3 Å². The smallest absolute Gasteiger partial charge is 0.269 e. The number of thioether (sulfide) groups is 1. The standard InChI is InChI=1S/C22H25N3O4S/c1-25(2)14-19-12-16-8-9-17(13-20(16)29-19)22(27)24-23-21(26)15-30-11-10-28-18-6-4-3-5-7-18/h3-9,12-13H,10-11,14-15H2,1-2H3,(H,23,26)(H,24,27). The zero-order valence-electron chi connectivity index (χ0n) is 17.0. The normalized spacial score (nSPS) is 10.9. The highest BCUT2D eigenvalue weighted by molar-refractivity contribution is 7.99. The molecule has 7 nitrogen and oxygen atoms in total. The molecule has 0 saturated carbocycles. The molecule has 3 rings (SSSR count). The average molecular weight is 428 g/mol. The first kappa shape index (κ1) is 21.7. The van der Waals surface area contributed by atoms with Crippen molar-refractivity contribution in [1.82, 2.24) is 15.8 Å². The summed E-state index contributed by atoms with van der Waals surface area (Å²) >= 11 is 1.43. The number of amides is 2. The molecule has 1 heterocycles. The summed E-state index contributed by atoms with van der Waals surface area (Å²) in [7, 11) is 3.92. The number of benzene rings is 2. The van der Waals surface area contributed by atoms with Gasteiger partial charge in [0.25, 0.3) is 5.91 Å². The van der Waals surface area contributed by atoms with Crippen molar-refractivity contribution in [2.24, 2.45) is 0 Å². The minimum atomic E-state index is -0.395. The molecule has 158 valence electrons. The van der Waals surface area contributed by atoms with Crippen molar-refractivity contribution < 1.29 is 18.7 Å². The Morgan fingerprint density at radius 2 is 1.87 bits per heavy atom. The molecule has 8 heteroatoms. The van der Waals surface area contributed by atoms with Crippen molar-refractivity contribution in [2.75, 3.05) is 32.2 Å². The van der Waals surface area contributed by atoms with Crippen molar-refractivity contribution in [3.05, 3.63) is 65.9 Å². The van der Waals surface area contributed by atoms with Gasteiger partial charge in [-0.2, -0.15) is 0 Å². The van der Waals surface area contributed by atoms with Crippen LogP contribution >= 0.6 is 11.8 Å². The van der Waals surface area contributed by atoms with Crippen molar-refractivity contribution in [3.63, 3.8) is 0 Å². The van der Waals surface area contributed by atoms with E-state index in [1.54, 1.807) is 12.1 Å². The van der Waals surface area contributed by atoms with E-state index < -0.39 is 5.91 Å². The molecule has 0 spiro atoms. The number of ether oxygens (including phenoxy) is 1. The summed E-state index contributed by atoms with van der Waals surface area (Å²) in [6, 6.07) is 16.7. The summed E-state index contributed by atoms with van der Waals surface area (Å²) in [5.74, 6) is 1.85. The Bertz CT molecular complexity index is 988. The number of carbonyl (C=O) groups excluding carboxylic acids is 2. The van der Waals surface area contributed by atoms with Crippen LogP contribution in [0.5, 0.6) is 5.75 Å². The second-order valence-corrected chi connectivity index (χ2v) is 8.02. The molecule has 0 atom stereocenters. The number of nitrogens with zero attached hydrogens (tertiary/aromatic N) is 1. The molecule has 0 saturated heterocycles. The molecule has 0 aliphatic heterocycles. The van der Waals surface area contributed by atoms with Crippen LogP contribution in [0.25, 0.3) is 11.0 Å². The molecule has 2 N–H and O–H groups in total. The Morgan fingerprint density at radius 1 is 1.07 bits per heavy atom. The minimum absolute atomic E-state index is 0.226. The number of carbonyl (C=O) groups is 2. The van der Waals surface area contributed by atoms with Crippen LogP contribution in [-0.4, -0.2) is 48.9 Å². The van der Waals surface area contributed by atoms with E-state index in [-0.39, 0.29) is 11.7 Å². The number of furan rings is 1. The highest BCUT2D eigenvalue weighted by Gasteiger charge is 2.11. The number of para-hydroxylation sites is 1. The van der Waals surface area contributed by atoms with Gasteiger partial charge in [0.1, 0.15) is 17.1 Å². The molecule has 0 unspecified atom stereocenters. The van der Waals surface area contributed by atoms with Gasteiger partial charge in [-0.25, -0.2) is 0 Å². The predicted octanol–water partition coefficient (Wildman–Crippen LogP) is 3.07. The Morgan fingerprint density at radius 3 is 2.63 bits per heavy atom. The average Bonchev–Trinajstić information content (AvgIpc) is 3.13. The lowest BCUT2D eigenvalue weighted by atomic mass is 10.1. The molecule has 0 bridgehead atoms. The molecule has 2 amide bonds. The molecular weight excluding hydrogens is 402 g/mol. The van der Waals surface area contributed by atoms with Gasteiger partial charge in [-0.05, 0) is 44.4 Å². The third kappa shape index (κ3) is 6.53. The molecular formula is C22H25N3O4S. The summed E-state index contributed by atoms with van der Waals surface area (Å²) in [6.45, 7) is 1.19. The van der Waals surface area contributed by atoms with Gasteiger partial charge in [-0.15, -0.1) is 11.8 Å². The van der Waals surface area contributed by atoms with Crippen LogP contribution in [0.3, 0.4) is 0 Å². The second-order valence-electron chi connectivity index (χ2n) is 6.92. The van der Waals surface area contributed by atoms with Crippen LogP contribution in [0.4, 0.5) is 0 Å². The third-order valence-electron chi connectivity index (χ3n) is 4.09. The first-order valence-electron chi connectivity index (χ1n) is 9.53. The van der Waals surface area contributed by atoms with Gasteiger partial charge in [0.15, 0.2) is 0 Å². The highest BCUT2D eigenvalue weighted by atomic mass is 32.2. The first-order valence-corrected chi connectivity index (χ1v) is 10.7. The van der Waals surface area contributed by atoms with E-state index in [2.05, 4.69) is 10.9 Å². The summed E-state index contributed by atoms with van der Waals surface area (Å²) in [5, 5.41) is 0.932. The quantitative estimate of drug-likeness (QED) is 0.403. The van der Waals surface area contributed by atoms with Gasteiger partial charge >= 0.3 is 0 Å². The van der Waals surface area contributed by atoms with Gasteiger partial charge < -0.3 is 14.1 Å². The highest BCUT2D eigenvalue weighted by Crippen LogP contribution is 2.21. The maximum absolute atomic E-state index is 12.3. The number of hydrazine groups is 1. The maximum atomic E-state index is 12.3. The third-order valence-corrected chi connectivity index (χ3v) is 5.02. The minimum Gasteiger partial charge on any atom is -0.493 e. The number of nitrogens with one attached hydrogen (secondary N) is 2. The zero-order chi connectivity index (χ0) is 21.3. The van der Waals surface area contributed by atoms with Crippen molar-refractivity contribution >= 4 is 34.5 Å². The van der Waals surface area contributed by atoms with Gasteiger partial charge in [0.2, 0.25) is 5.91 Å². The van der Waals surface area contributed by atoms with Crippen LogP contribution in [0.1, 0.15) is 16.1 Å². The fourth-order valence-corrected chi connectivity index (χ4v) is 3.35. The Labute approximate surface area is 179 Å². The van der Waals surface area contributed by atoms with E-state index in [4.69, 9.17) is 9.15 Å². The SMILES string of the molecule is CN(C)Cc1cc2ccc(C(=O)NNC(=O)CSCCOc3ccccc3)cc2o1. The van der Waals surface area contributed by atoms with Gasteiger partial charge in [0, 0.05) is 16.7 Å². The monoisotopic (exact) mass is 427 g/mol. The first-order chi connectivity index (χ1) is 14.5. The molecule has 2 aromatic carbocycles. The summed E-state index contributed by atoms with van der Waals surface area (Å²) < 4.78 is 11.3. The number of rotatable bonds is 9. The lowest BCUT2D eigenvalue weighted by molar-refractivity contribution is -0.119. The van der Waals surface area contributed by atoms with Crippen LogP contribution in [0, 0.1) is 0 Å². The van der Waals surface area contributed by atoms with E-state index in [1.807, 2.05) is 61.5 Å². The van der Waals surface area contributed by atoms with Crippen LogP contribution in [0.2, 0.25) is 0 Å². The molecule has 30 heavy (non-hydrogen) atoms. The number of hydrogen-bond donors (Lipinski definition) is 2. The molecule has 0 aliphatic carbocycles. The topological polar surface area (TPSA) is 83.8 Å². The molecule has 0 aliphatic rings. The van der Waals surface area contributed by atoms with Crippen LogP contribution in [0.15, 0.2) is 59.0 Å². The van der Waals surface area contributed by atoms with Gasteiger partial charge in [0.05, 0.1) is 18.9 Å². The lowest BCUT2D eigenvalue weighted by Crippen LogP contribution is -2.42. The number of fused-ring (bicyclic) bond motifs is 1. The summed E-state index contributed by atoms with van der Waals surface area (Å²) in [5.41, 5.74) is 5.92. The van der Waals surface area contributed by atoms with Crippen molar-refractivity contribution in [3.8, 4) is 5.75 Å². The van der Waals surface area contributed by atoms with E-state index in [1.165, 1.54) is 11.8 Å². The fourth-order valence-electron chi connectivity index (χ4n) is 2.75. The van der Waals surface area contributed by atoms with E-state index in [0.29, 0.717) is 30.1 Å². The predicted molar refractivity (Wildman–Crippen MR) is 118 cm³/mol. The molecule has 3 aromatic rings. The molecule has 0 fully saturated rings. The van der Waals surface area contributed by atoms with Crippen LogP contribution < -0.4 is 15.6 Å². The maximum Gasteiger partial charge on any atom is 0.269 e. The second kappa shape index (κ2) is 10.7. The summed E-state index contributed by atoms with van der Waals surface area (Å²) in [4.78, 5) is 26.2. The van der Waals surface area contributed by atoms with E-state index in [9.17, 15) is 9.59 Å². The van der Waals surface area contributed by atoms with Gasteiger partial charge in [-0.3, -0.25) is 20.4 Å². The Hall–Kier alpha value is -2.97. The van der Waals surface area contributed by atoms with E-state index >= 15 is 0 Å². The Kier molecular flexibility index (Phi) is 7.75. The Balaban J connectivity index is 1.39. The fraction of sp³-hybridized carbons (Fsp3) is 0.273. The van der Waals surface area contributed by atoms with E-state index in [0.717, 1.165) is 16.9 Å². The molecule has 1 aromatic heterocycles. The largest absolute Gasteiger partial charge is 0.493 e. The van der Waals surface area contributed by atoms with Gasteiger partial charge in [-0.1, -0.05) is 24.3 Å². The summed E-state index contributed by atoms with van der Waals surface area (Å²) in [6.07, 6.45) is 0. The lowest BCUT2D eigenvalue weighted by Gasteiger charge is -2.08. The van der Waals surface area contributed by atoms with Crippen molar-refractivity contribution in [2.45, 2.75) is 6.54 Å². The molecule has 0 radical (unpaired) electrons. The zero-order valence-corrected chi connectivity index (χ0v) is 17.8.